The normalized spacial score (nSPS) is 16.6. The van der Waals surface area contributed by atoms with Crippen LogP contribution >= 0.6 is 0 Å². The smallest absolute Gasteiger partial charge is 0.145 e. The molecule has 11 aromatic rings. The summed E-state index contributed by atoms with van der Waals surface area (Å²) in [7, 11) is 0. The lowest BCUT2D eigenvalue weighted by Crippen LogP contribution is -2.23. The van der Waals surface area contributed by atoms with E-state index in [9.17, 15) is 0 Å². The van der Waals surface area contributed by atoms with E-state index in [-0.39, 0.29) is 21.7 Å². The summed E-state index contributed by atoms with van der Waals surface area (Å²) in [6.07, 6.45) is 13.4. The largest absolute Gasteiger partial charge is 0.455 e. The van der Waals surface area contributed by atoms with Gasteiger partial charge in [0.15, 0.2) is 0 Å². The SMILES string of the molecule is CC1(C)Cc2cc3cc(c2)CC(C)(C)c2ccc(cc2)-c2ccc(cn2)C(C)(C)Cc2cc(cc(c2)CC(C)(C)c2ccc(nc2)-c2ccc1cc2)CCc1ccc(nc1)-c1ccc(c2c1oc1c4ccccc4ccc12)CC3. The van der Waals surface area contributed by atoms with E-state index in [1.54, 1.807) is 0 Å². The number of benzene rings is 7. The number of fused-ring (bicyclic) bond motifs is 3. The first-order valence-corrected chi connectivity index (χ1v) is 28.7. The van der Waals surface area contributed by atoms with Crippen LogP contribution in [0.2, 0.25) is 0 Å². The van der Waals surface area contributed by atoms with Crippen molar-refractivity contribution in [3.05, 3.63) is 255 Å². The van der Waals surface area contributed by atoms with Crippen LogP contribution < -0.4 is 0 Å². The summed E-state index contributed by atoms with van der Waals surface area (Å²) < 4.78 is 7.12. The Hall–Kier alpha value is -7.95. The van der Waals surface area contributed by atoms with Gasteiger partial charge in [-0.2, -0.15) is 0 Å². The minimum Gasteiger partial charge on any atom is -0.455 e. The van der Waals surface area contributed by atoms with Gasteiger partial charge in [0.05, 0.1) is 17.1 Å². The Labute approximate surface area is 467 Å². The van der Waals surface area contributed by atoms with Crippen molar-refractivity contribution in [1.82, 2.24) is 15.0 Å². The molecular formula is C75H71N3O. The Morgan fingerprint density at radius 1 is 0.342 bits per heavy atom. The third kappa shape index (κ3) is 9.90. The second kappa shape index (κ2) is 19.4. The van der Waals surface area contributed by atoms with Gasteiger partial charge in [-0.05, 0) is 176 Å². The van der Waals surface area contributed by atoms with Crippen molar-refractivity contribution in [2.75, 3.05) is 0 Å². The third-order valence-electron chi connectivity index (χ3n) is 17.9. The van der Waals surface area contributed by atoms with Gasteiger partial charge >= 0.3 is 0 Å². The van der Waals surface area contributed by atoms with Gasteiger partial charge in [0.1, 0.15) is 11.2 Å². The van der Waals surface area contributed by atoms with E-state index >= 15 is 0 Å². The summed E-state index contributed by atoms with van der Waals surface area (Å²) in [5.74, 6) is 0. The summed E-state index contributed by atoms with van der Waals surface area (Å²) in [5, 5.41) is 4.65. The van der Waals surface area contributed by atoms with Gasteiger partial charge in [-0.1, -0.05) is 195 Å². The van der Waals surface area contributed by atoms with Gasteiger partial charge in [-0.15, -0.1) is 0 Å². The predicted octanol–water partition coefficient (Wildman–Crippen LogP) is 18.2. The zero-order valence-electron chi connectivity index (χ0n) is 47.3. The van der Waals surface area contributed by atoms with E-state index < -0.39 is 0 Å². The van der Waals surface area contributed by atoms with Crippen LogP contribution in [0.15, 0.2) is 193 Å². The summed E-state index contributed by atoms with van der Waals surface area (Å²) in [6.45, 7) is 19.1. The fourth-order valence-electron chi connectivity index (χ4n) is 13.3. The maximum absolute atomic E-state index is 7.12. The highest BCUT2D eigenvalue weighted by Gasteiger charge is 2.29. The van der Waals surface area contributed by atoms with Crippen LogP contribution in [-0.4, -0.2) is 15.0 Å². The van der Waals surface area contributed by atoms with Crippen LogP contribution in [-0.2, 0) is 73.0 Å². The molecule has 7 aromatic carbocycles. The minimum absolute atomic E-state index is 0.131. The number of aromatic nitrogens is 3. The molecule has 9 aliphatic carbocycles. The molecule has 18 bridgehead atoms. The molecule has 0 radical (unpaired) electrons. The van der Waals surface area contributed by atoms with Gasteiger partial charge in [-0.25, -0.2) is 0 Å². The van der Waals surface area contributed by atoms with Crippen LogP contribution in [0.25, 0.3) is 66.5 Å². The Balaban J connectivity index is 0.993. The maximum atomic E-state index is 7.12. The van der Waals surface area contributed by atoms with Crippen molar-refractivity contribution in [1.29, 1.82) is 0 Å². The fraction of sp³-hybridized carbons (Fsp3) is 0.267. The lowest BCUT2D eigenvalue weighted by Gasteiger charge is -2.29. The van der Waals surface area contributed by atoms with E-state index in [1.165, 1.54) is 77.5 Å². The highest BCUT2D eigenvalue weighted by molar-refractivity contribution is 6.18. The molecule has 16 heterocycles. The zero-order chi connectivity index (χ0) is 54.3. The molecule has 0 unspecified atom stereocenters. The van der Waals surface area contributed by atoms with Gasteiger partial charge < -0.3 is 4.42 Å². The Morgan fingerprint density at radius 2 is 0.797 bits per heavy atom. The molecule has 0 atom stereocenters. The molecule has 4 aromatic heterocycles. The molecule has 4 heteroatoms. The van der Waals surface area contributed by atoms with Crippen LogP contribution in [0.1, 0.15) is 122 Å². The molecule has 392 valence electrons. The lowest BCUT2D eigenvalue weighted by molar-refractivity contribution is 0.512. The van der Waals surface area contributed by atoms with E-state index in [2.05, 4.69) is 244 Å². The van der Waals surface area contributed by atoms with E-state index in [1.807, 2.05) is 0 Å². The van der Waals surface area contributed by atoms with Gasteiger partial charge in [-0.3, -0.25) is 15.0 Å². The first-order valence-electron chi connectivity index (χ1n) is 28.7. The van der Waals surface area contributed by atoms with Gasteiger partial charge in [0, 0.05) is 51.4 Å². The molecule has 4 nitrogen and oxygen atoms in total. The number of hydrogen-bond donors (Lipinski definition) is 0. The Bertz CT molecular complexity index is 3930. The first kappa shape index (κ1) is 50.5. The van der Waals surface area contributed by atoms with E-state index in [4.69, 9.17) is 19.4 Å². The molecule has 0 spiro atoms. The highest BCUT2D eigenvalue weighted by Crippen LogP contribution is 2.42. The molecule has 79 heavy (non-hydrogen) atoms. The van der Waals surface area contributed by atoms with Crippen molar-refractivity contribution in [3.63, 3.8) is 0 Å². The predicted molar refractivity (Wildman–Crippen MR) is 328 cm³/mol. The average molecular weight is 1030 g/mol. The molecular weight excluding hydrogens is 959 g/mol. The number of rotatable bonds is 0. The first-order chi connectivity index (χ1) is 38.0. The summed E-state index contributed by atoms with van der Waals surface area (Å²) in [4.78, 5) is 15.5. The molecule has 0 saturated carbocycles. The zero-order valence-corrected chi connectivity index (χ0v) is 47.3. The Morgan fingerprint density at radius 3 is 1.30 bits per heavy atom. The van der Waals surface area contributed by atoms with Gasteiger partial charge in [0.2, 0.25) is 0 Å². The maximum Gasteiger partial charge on any atom is 0.145 e. The van der Waals surface area contributed by atoms with Crippen LogP contribution in [0.4, 0.5) is 0 Å². The second-order valence-electron chi connectivity index (χ2n) is 25.9. The molecule has 21 aliphatic rings. The van der Waals surface area contributed by atoms with E-state index in [0.717, 1.165) is 107 Å². The van der Waals surface area contributed by atoms with Crippen molar-refractivity contribution >= 4 is 32.7 Å². The van der Waals surface area contributed by atoms with Crippen molar-refractivity contribution in [3.8, 4) is 33.8 Å². The average Bonchev–Trinajstić information content (AvgIpc) is 4.10. The quantitative estimate of drug-likeness (QED) is 0.152. The molecule has 0 fully saturated rings. The van der Waals surface area contributed by atoms with Crippen LogP contribution in [0.3, 0.4) is 0 Å². The van der Waals surface area contributed by atoms with Crippen molar-refractivity contribution in [2.24, 2.45) is 0 Å². The standard InChI is InChI=1S/C75H71N3O/c1-72(2)41-51-37-50-15-17-58-23-30-64(71-69(58)65-31-22-55-11-9-10-12-63(55)70(65)79-71)68-32-16-48(45-76-68)13-14-49-35-53(43-74(5,6)61-28-33-66(77-46-61)56-18-24-59(72)25-19-56)40-54(36-49)44-75(7,8)62-29-34-67(78-47-62)57-20-26-60(27-21-57)73(3,4)42-52(38-50)39-51/h9-12,16,18-40,45-47H,13-15,17,41-44H2,1-8H3. The monoisotopic (exact) mass is 1030 g/mol. The number of pyridine rings is 3. The summed E-state index contributed by atoms with van der Waals surface area (Å²) in [5.41, 5.74) is 23.2. The number of hydrogen-bond acceptors (Lipinski definition) is 4. The van der Waals surface area contributed by atoms with E-state index in [0.29, 0.717) is 0 Å². The second-order valence-corrected chi connectivity index (χ2v) is 25.9. The number of furan rings is 1. The topological polar surface area (TPSA) is 51.8 Å². The highest BCUT2D eigenvalue weighted by atomic mass is 16.3. The molecule has 0 amide bonds. The fourth-order valence-corrected chi connectivity index (χ4v) is 13.3. The van der Waals surface area contributed by atoms with Crippen molar-refractivity contribution in [2.45, 2.75) is 128 Å². The lowest BCUT2D eigenvalue weighted by atomic mass is 9.76. The number of nitrogens with zero attached hydrogens (tertiary/aromatic N) is 3. The molecule has 0 saturated heterocycles. The molecule has 0 N–H and O–H groups in total. The third-order valence-corrected chi connectivity index (χ3v) is 17.9. The summed E-state index contributed by atoms with van der Waals surface area (Å²) >= 11 is 0. The van der Waals surface area contributed by atoms with Crippen molar-refractivity contribution < 1.29 is 4.42 Å². The van der Waals surface area contributed by atoms with Gasteiger partial charge in [0.25, 0.3) is 0 Å². The van der Waals surface area contributed by atoms with Crippen LogP contribution in [0.5, 0.6) is 0 Å². The minimum atomic E-state index is -0.160. The van der Waals surface area contributed by atoms with Crippen LogP contribution in [0, 0.1) is 0 Å². The molecule has 32 rings (SSSR count). The number of aryl methyl sites for hydroxylation is 4. The summed E-state index contributed by atoms with van der Waals surface area (Å²) in [6, 6.07) is 64.5. The molecule has 12 aliphatic heterocycles. The Kier molecular flexibility index (Phi) is 12.4.